The van der Waals surface area contributed by atoms with Crippen LogP contribution >= 0.6 is 11.6 Å². The number of ether oxygens (including phenoxy) is 2. The van der Waals surface area contributed by atoms with Crippen LogP contribution < -0.4 is 14.8 Å². The molecule has 2 aromatic carbocycles. The number of carbonyl (C=O) groups is 1. The molecule has 0 aliphatic rings. The van der Waals surface area contributed by atoms with E-state index in [2.05, 4.69) is 5.32 Å². The minimum atomic E-state index is -0.216. The largest absolute Gasteiger partial charge is 0.493 e. The van der Waals surface area contributed by atoms with Crippen LogP contribution in [0.5, 0.6) is 11.5 Å². The van der Waals surface area contributed by atoms with Crippen LogP contribution in [-0.4, -0.2) is 19.6 Å². The van der Waals surface area contributed by atoms with Crippen LogP contribution in [0.2, 0.25) is 5.02 Å². The summed E-state index contributed by atoms with van der Waals surface area (Å²) in [6.45, 7) is 3.75. The molecule has 0 aromatic heterocycles. The highest BCUT2D eigenvalue weighted by atomic mass is 35.5. The lowest BCUT2D eigenvalue weighted by Gasteiger charge is -2.16. The van der Waals surface area contributed by atoms with Gasteiger partial charge in [0.05, 0.1) is 13.2 Å². The van der Waals surface area contributed by atoms with Gasteiger partial charge in [0.2, 0.25) is 0 Å². The van der Waals surface area contributed by atoms with Gasteiger partial charge in [-0.1, -0.05) is 42.0 Å². The van der Waals surface area contributed by atoms with Crippen molar-refractivity contribution in [3.63, 3.8) is 0 Å². The van der Waals surface area contributed by atoms with E-state index < -0.39 is 0 Å². The van der Waals surface area contributed by atoms with Gasteiger partial charge >= 0.3 is 0 Å². The molecular weight excluding hydrogens is 338 g/mol. The standard InChI is InChI=1S/C20H22ClNO3/c1-4-6-15-9-10-18(19(11-15)24-3)25-13-20(23)22-14(2)16-7-5-8-17(21)12-16/h4-12,14H,13H2,1-3H3,(H,22,23)/b6-4+. The fourth-order valence-corrected chi connectivity index (χ4v) is 2.58. The van der Waals surface area contributed by atoms with E-state index in [0.29, 0.717) is 16.5 Å². The van der Waals surface area contributed by atoms with Crippen LogP contribution in [0.3, 0.4) is 0 Å². The van der Waals surface area contributed by atoms with E-state index in [1.807, 2.05) is 56.3 Å². The van der Waals surface area contributed by atoms with Crippen LogP contribution in [0, 0.1) is 0 Å². The maximum absolute atomic E-state index is 12.1. The summed E-state index contributed by atoms with van der Waals surface area (Å²) in [6.07, 6.45) is 3.91. The van der Waals surface area contributed by atoms with E-state index in [9.17, 15) is 4.79 Å². The zero-order chi connectivity index (χ0) is 18.2. The first kappa shape index (κ1) is 18.9. The number of rotatable bonds is 7. The van der Waals surface area contributed by atoms with Gasteiger partial charge in [-0.3, -0.25) is 4.79 Å². The van der Waals surface area contributed by atoms with E-state index in [4.69, 9.17) is 21.1 Å². The zero-order valence-corrected chi connectivity index (χ0v) is 15.3. The lowest BCUT2D eigenvalue weighted by molar-refractivity contribution is -0.123. The number of hydrogen-bond acceptors (Lipinski definition) is 3. The number of hydrogen-bond donors (Lipinski definition) is 1. The smallest absolute Gasteiger partial charge is 0.258 e. The molecule has 0 bridgehead atoms. The van der Waals surface area contributed by atoms with Crippen LogP contribution in [0.25, 0.3) is 6.08 Å². The lowest BCUT2D eigenvalue weighted by Crippen LogP contribution is -2.31. The van der Waals surface area contributed by atoms with Crippen LogP contribution in [0.4, 0.5) is 0 Å². The third-order valence-corrected chi connectivity index (χ3v) is 3.87. The lowest BCUT2D eigenvalue weighted by atomic mass is 10.1. The second-order valence-electron chi connectivity index (χ2n) is 5.54. The van der Waals surface area contributed by atoms with E-state index in [1.165, 1.54) is 0 Å². The van der Waals surface area contributed by atoms with Crippen molar-refractivity contribution in [3.05, 3.63) is 64.7 Å². The Morgan fingerprint density at radius 2 is 2.04 bits per heavy atom. The zero-order valence-electron chi connectivity index (χ0n) is 14.6. The second-order valence-corrected chi connectivity index (χ2v) is 5.98. The summed E-state index contributed by atoms with van der Waals surface area (Å²) in [6, 6.07) is 12.8. The molecule has 132 valence electrons. The van der Waals surface area contributed by atoms with E-state index in [1.54, 1.807) is 19.2 Å². The predicted molar refractivity (Wildman–Crippen MR) is 101 cm³/mol. The fourth-order valence-electron chi connectivity index (χ4n) is 2.39. The minimum absolute atomic E-state index is 0.0930. The molecule has 1 unspecified atom stereocenters. The summed E-state index contributed by atoms with van der Waals surface area (Å²) in [7, 11) is 1.57. The maximum Gasteiger partial charge on any atom is 0.258 e. The predicted octanol–water partition coefficient (Wildman–Crippen LogP) is 4.64. The van der Waals surface area contributed by atoms with E-state index >= 15 is 0 Å². The summed E-state index contributed by atoms with van der Waals surface area (Å²) < 4.78 is 10.9. The molecule has 0 fully saturated rings. The Morgan fingerprint density at radius 1 is 1.24 bits per heavy atom. The molecule has 1 N–H and O–H groups in total. The van der Waals surface area contributed by atoms with Gasteiger partial charge in [-0.05, 0) is 49.2 Å². The molecule has 2 rings (SSSR count). The van der Waals surface area contributed by atoms with Crippen molar-refractivity contribution in [2.45, 2.75) is 19.9 Å². The molecule has 0 heterocycles. The fraction of sp³-hybridized carbons (Fsp3) is 0.250. The molecule has 1 atom stereocenters. The SMILES string of the molecule is C/C=C/c1ccc(OCC(=O)NC(C)c2cccc(Cl)c2)c(OC)c1. The Morgan fingerprint density at radius 3 is 2.72 bits per heavy atom. The normalized spacial score (nSPS) is 12.0. The molecular formula is C20H22ClNO3. The highest BCUT2D eigenvalue weighted by Crippen LogP contribution is 2.28. The van der Waals surface area contributed by atoms with Crippen molar-refractivity contribution < 1.29 is 14.3 Å². The Hall–Kier alpha value is -2.46. The molecule has 4 nitrogen and oxygen atoms in total. The highest BCUT2D eigenvalue weighted by Gasteiger charge is 2.12. The molecule has 0 aliphatic carbocycles. The highest BCUT2D eigenvalue weighted by molar-refractivity contribution is 6.30. The Bertz CT molecular complexity index is 758. The number of benzene rings is 2. The van der Waals surface area contributed by atoms with Crippen LogP contribution in [0.1, 0.15) is 31.0 Å². The first-order chi connectivity index (χ1) is 12.0. The van der Waals surface area contributed by atoms with Gasteiger partial charge in [0.25, 0.3) is 5.91 Å². The Labute approximate surface area is 153 Å². The van der Waals surface area contributed by atoms with Crippen molar-refractivity contribution in [3.8, 4) is 11.5 Å². The topological polar surface area (TPSA) is 47.6 Å². The number of amides is 1. The van der Waals surface area contributed by atoms with Gasteiger partial charge in [0, 0.05) is 5.02 Å². The summed E-state index contributed by atoms with van der Waals surface area (Å²) in [5, 5.41) is 3.53. The number of halogens is 1. The Kier molecular flexibility index (Phi) is 6.90. The third-order valence-electron chi connectivity index (χ3n) is 3.63. The van der Waals surface area contributed by atoms with Crippen LogP contribution in [0.15, 0.2) is 48.5 Å². The summed E-state index contributed by atoms with van der Waals surface area (Å²) in [5.41, 5.74) is 1.94. The van der Waals surface area contributed by atoms with Gasteiger partial charge in [-0.15, -0.1) is 0 Å². The van der Waals surface area contributed by atoms with Gasteiger partial charge < -0.3 is 14.8 Å². The van der Waals surface area contributed by atoms with E-state index in [-0.39, 0.29) is 18.6 Å². The van der Waals surface area contributed by atoms with Crippen molar-refractivity contribution in [1.29, 1.82) is 0 Å². The molecule has 1 amide bonds. The van der Waals surface area contributed by atoms with Gasteiger partial charge in [0.15, 0.2) is 18.1 Å². The average Bonchev–Trinajstić information content (AvgIpc) is 2.60. The average molecular weight is 360 g/mol. The molecule has 0 saturated heterocycles. The van der Waals surface area contributed by atoms with Crippen LogP contribution in [-0.2, 0) is 4.79 Å². The van der Waals surface area contributed by atoms with Gasteiger partial charge in [-0.2, -0.15) is 0 Å². The minimum Gasteiger partial charge on any atom is -0.493 e. The van der Waals surface area contributed by atoms with Crippen molar-refractivity contribution in [2.75, 3.05) is 13.7 Å². The molecule has 0 radical (unpaired) electrons. The van der Waals surface area contributed by atoms with Gasteiger partial charge in [0.1, 0.15) is 0 Å². The molecule has 0 aliphatic heterocycles. The molecule has 2 aromatic rings. The summed E-state index contributed by atoms with van der Waals surface area (Å²) >= 11 is 5.98. The number of allylic oxidation sites excluding steroid dienone is 1. The monoisotopic (exact) mass is 359 g/mol. The maximum atomic E-state index is 12.1. The number of carbonyl (C=O) groups excluding carboxylic acids is 1. The summed E-state index contributed by atoms with van der Waals surface area (Å²) in [5.74, 6) is 0.902. The Balaban J connectivity index is 1.95. The van der Waals surface area contributed by atoms with Crippen molar-refractivity contribution in [1.82, 2.24) is 5.32 Å². The number of methoxy groups -OCH3 is 1. The van der Waals surface area contributed by atoms with Crippen molar-refractivity contribution in [2.24, 2.45) is 0 Å². The second kappa shape index (κ2) is 9.14. The summed E-state index contributed by atoms with van der Waals surface area (Å²) in [4.78, 5) is 12.1. The molecule has 5 heteroatoms. The van der Waals surface area contributed by atoms with E-state index in [0.717, 1.165) is 11.1 Å². The van der Waals surface area contributed by atoms with Gasteiger partial charge in [-0.25, -0.2) is 0 Å². The first-order valence-corrected chi connectivity index (χ1v) is 8.39. The quantitative estimate of drug-likeness (QED) is 0.783. The van der Waals surface area contributed by atoms with Crippen molar-refractivity contribution >= 4 is 23.6 Å². The molecule has 0 saturated carbocycles. The number of nitrogens with one attached hydrogen (secondary N) is 1. The molecule has 25 heavy (non-hydrogen) atoms. The molecule has 0 spiro atoms. The first-order valence-electron chi connectivity index (χ1n) is 8.02. The third kappa shape index (κ3) is 5.54.